The van der Waals surface area contributed by atoms with E-state index in [0.29, 0.717) is 23.1 Å². The minimum absolute atomic E-state index is 0.0461. The molecule has 4 aromatic rings. The number of anilines is 1. The number of hydrogen-bond acceptors (Lipinski definition) is 7. The summed E-state index contributed by atoms with van der Waals surface area (Å²) < 4.78 is 53.3. The maximum Gasteiger partial charge on any atom is 0.319 e. The lowest BCUT2D eigenvalue weighted by Crippen LogP contribution is -2.55. The lowest BCUT2D eigenvalue weighted by Gasteiger charge is -2.41. The Morgan fingerprint density at radius 2 is 1.88 bits per heavy atom. The molecule has 7 rings (SSSR count). The van der Waals surface area contributed by atoms with Gasteiger partial charge in [-0.15, -0.1) is 6.42 Å². The van der Waals surface area contributed by atoms with Crippen molar-refractivity contribution in [2.24, 2.45) is 0 Å². The Morgan fingerprint density at radius 3 is 2.60 bits per heavy atom. The van der Waals surface area contributed by atoms with Gasteiger partial charge in [-0.3, -0.25) is 9.69 Å². The zero-order valence-corrected chi connectivity index (χ0v) is 26.3. The highest BCUT2D eigenvalue weighted by molar-refractivity contribution is 6.01. The van der Waals surface area contributed by atoms with E-state index in [0.717, 1.165) is 44.2 Å². The normalized spacial score (nSPS) is 18.9. The van der Waals surface area contributed by atoms with Gasteiger partial charge in [0.1, 0.15) is 23.8 Å². The summed E-state index contributed by atoms with van der Waals surface area (Å²) in [6, 6.07) is 13.0. The van der Waals surface area contributed by atoms with Gasteiger partial charge in [0.2, 0.25) is 0 Å². The van der Waals surface area contributed by atoms with Gasteiger partial charge in [-0.05, 0) is 73.3 Å². The molecule has 3 aliphatic rings. The van der Waals surface area contributed by atoms with Gasteiger partial charge in [0.15, 0.2) is 11.6 Å². The van der Waals surface area contributed by atoms with E-state index in [1.165, 1.54) is 11.0 Å². The van der Waals surface area contributed by atoms with Crippen LogP contribution < -0.4 is 9.64 Å². The lowest BCUT2D eigenvalue weighted by molar-refractivity contribution is -0.131. The van der Waals surface area contributed by atoms with E-state index in [-0.39, 0.29) is 59.9 Å². The SMILES string of the molecule is C#Cc1ccc2cccc(-c3c(F)cc4c(N5CCN(C(=O)C(=C)F)[C@@H](CC#N)C5)nc(OCC56CCCN5CCC6)nc4c3F)c2c1. The van der Waals surface area contributed by atoms with Crippen molar-refractivity contribution in [3.63, 3.8) is 0 Å². The number of nitrogens with zero attached hydrogens (tertiary/aromatic N) is 6. The number of terminal acetylenes is 1. The number of carbonyl (C=O) groups excluding carboxylic acids is 1. The number of fused-ring (bicyclic) bond motifs is 3. The molecule has 0 unspecified atom stereocenters. The number of amides is 1. The standard InChI is InChI=1S/C37H33F3N6O2/c1-3-24-9-10-25-7-4-8-27(28(25)19-24)31-30(39)20-29-33(32(31)40)42-36(48-22-37-12-5-15-45(37)16-6-13-37)43-34(29)44-17-18-46(35(47)23(2)38)26(21-44)11-14-41/h1,4,7-10,19-20,26H,2,5-6,11-13,15-18,21-22H2/t26-/m0/s1. The minimum Gasteiger partial charge on any atom is -0.461 e. The number of nitriles is 1. The average molecular weight is 651 g/mol. The predicted octanol–water partition coefficient (Wildman–Crippen LogP) is 6.13. The first-order valence-electron chi connectivity index (χ1n) is 16.1. The van der Waals surface area contributed by atoms with Crippen LogP contribution >= 0.6 is 0 Å². The molecule has 3 fully saturated rings. The maximum absolute atomic E-state index is 16.9. The molecule has 0 aliphatic carbocycles. The van der Waals surface area contributed by atoms with Crippen molar-refractivity contribution in [3.05, 3.63) is 72.1 Å². The Balaban J connectivity index is 1.36. The quantitative estimate of drug-likeness (QED) is 0.176. The first kappa shape index (κ1) is 31.5. The fourth-order valence-corrected chi connectivity index (χ4v) is 7.70. The Bertz CT molecular complexity index is 2040. The Labute approximate surface area is 276 Å². The van der Waals surface area contributed by atoms with Crippen LogP contribution in [0.25, 0.3) is 32.8 Å². The summed E-state index contributed by atoms with van der Waals surface area (Å²) in [5.74, 6) is -0.931. The van der Waals surface area contributed by atoms with E-state index in [1.807, 2.05) is 12.1 Å². The van der Waals surface area contributed by atoms with Crippen LogP contribution in [0.4, 0.5) is 19.0 Å². The number of carbonyl (C=O) groups is 1. The summed E-state index contributed by atoms with van der Waals surface area (Å²) in [5.41, 5.74) is 0.374. The number of benzene rings is 3. The van der Waals surface area contributed by atoms with Gasteiger partial charge < -0.3 is 14.5 Å². The molecule has 3 aliphatic heterocycles. The number of halogens is 3. The molecular weight excluding hydrogens is 617 g/mol. The van der Waals surface area contributed by atoms with E-state index in [9.17, 15) is 14.4 Å². The zero-order chi connectivity index (χ0) is 33.6. The monoisotopic (exact) mass is 650 g/mol. The third kappa shape index (κ3) is 5.38. The molecule has 1 amide bonds. The number of aromatic nitrogens is 2. The number of ether oxygens (including phenoxy) is 1. The Morgan fingerprint density at radius 1 is 1.08 bits per heavy atom. The van der Waals surface area contributed by atoms with E-state index in [1.54, 1.807) is 29.2 Å². The second-order valence-electron chi connectivity index (χ2n) is 12.7. The second kappa shape index (κ2) is 12.5. The molecule has 8 nitrogen and oxygen atoms in total. The average Bonchev–Trinajstić information content (AvgIpc) is 3.68. The molecule has 0 spiro atoms. The van der Waals surface area contributed by atoms with Crippen LogP contribution in [-0.2, 0) is 4.79 Å². The highest BCUT2D eigenvalue weighted by Crippen LogP contribution is 2.41. The molecule has 0 radical (unpaired) electrons. The lowest BCUT2D eigenvalue weighted by atomic mass is 9.95. The highest BCUT2D eigenvalue weighted by Gasteiger charge is 2.45. The first-order chi connectivity index (χ1) is 23.2. The van der Waals surface area contributed by atoms with Crippen LogP contribution in [0.5, 0.6) is 6.01 Å². The van der Waals surface area contributed by atoms with Crippen molar-refractivity contribution in [3.8, 4) is 35.6 Å². The summed E-state index contributed by atoms with van der Waals surface area (Å²) in [6.07, 6.45) is 9.63. The van der Waals surface area contributed by atoms with E-state index < -0.39 is 29.4 Å². The van der Waals surface area contributed by atoms with Crippen LogP contribution in [0.15, 0.2) is 54.9 Å². The zero-order valence-electron chi connectivity index (χ0n) is 26.3. The summed E-state index contributed by atoms with van der Waals surface area (Å²) in [5, 5.41) is 11.0. The molecule has 3 saturated heterocycles. The fraction of sp³-hybridized carbons (Fsp3) is 0.351. The number of rotatable bonds is 7. The molecule has 0 N–H and O–H groups in total. The van der Waals surface area contributed by atoms with Gasteiger partial charge in [-0.1, -0.05) is 36.8 Å². The molecule has 244 valence electrons. The van der Waals surface area contributed by atoms with Gasteiger partial charge in [-0.25, -0.2) is 13.2 Å². The molecule has 0 bridgehead atoms. The van der Waals surface area contributed by atoms with Crippen LogP contribution in [0.1, 0.15) is 37.7 Å². The second-order valence-corrected chi connectivity index (χ2v) is 12.7. The molecular formula is C37H33F3N6O2. The third-order valence-electron chi connectivity index (χ3n) is 10.0. The van der Waals surface area contributed by atoms with Crippen LogP contribution in [0.2, 0.25) is 0 Å². The minimum atomic E-state index is -1.12. The third-order valence-corrected chi connectivity index (χ3v) is 10.0. The van der Waals surface area contributed by atoms with Crippen molar-refractivity contribution < 1.29 is 22.7 Å². The van der Waals surface area contributed by atoms with Gasteiger partial charge in [-0.2, -0.15) is 15.2 Å². The van der Waals surface area contributed by atoms with E-state index in [2.05, 4.69) is 28.5 Å². The largest absolute Gasteiger partial charge is 0.461 e. The smallest absolute Gasteiger partial charge is 0.319 e. The summed E-state index contributed by atoms with van der Waals surface area (Å²) in [6.45, 7) is 5.70. The predicted molar refractivity (Wildman–Crippen MR) is 177 cm³/mol. The van der Waals surface area contributed by atoms with Crippen molar-refractivity contribution in [2.75, 3.05) is 44.2 Å². The van der Waals surface area contributed by atoms with Crippen LogP contribution in [-0.4, -0.2) is 76.6 Å². The summed E-state index contributed by atoms with van der Waals surface area (Å²) in [7, 11) is 0. The fourth-order valence-electron chi connectivity index (χ4n) is 7.70. The number of hydrogen-bond donors (Lipinski definition) is 0. The molecule has 4 heterocycles. The molecule has 0 saturated carbocycles. The molecule has 1 atom stereocenters. The Kier molecular flexibility index (Phi) is 8.18. The van der Waals surface area contributed by atoms with Crippen molar-refractivity contribution in [2.45, 2.75) is 43.7 Å². The topological polar surface area (TPSA) is 85.6 Å². The number of piperazine rings is 1. The van der Waals surface area contributed by atoms with E-state index in [4.69, 9.17) is 16.1 Å². The van der Waals surface area contributed by atoms with E-state index >= 15 is 8.78 Å². The van der Waals surface area contributed by atoms with Crippen molar-refractivity contribution in [1.29, 1.82) is 5.26 Å². The molecule has 3 aromatic carbocycles. The van der Waals surface area contributed by atoms with Crippen molar-refractivity contribution >= 4 is 33.4 Å². The summed E-state index contributed by atoms with van der Waals surface area (Å²) >= 11 is 0. The van der Waals surface area contributed by atoms with Gasteiger partial charge in [0.05, 0.1) is 29.6 Å². The van der Waals surface area contributed by atoms with Crippen LogP contribution in [0, 0.1) is 35.3 Å². The first-order valence-corrected chi connectivity index (χ1v) is 16.1. The van der Waals surface area contributed by atoms with Gasteiger partial charge >= 0.3 is 6.01 Å². The van der Waals surface area contributed by atoms with Gasteiger partial charge in [0.25, 0.3) is 5.91 Å². The highest BCUT2D eigenvalue weighted by atomic mass is 19.1. The van der Waals surface area contributed by atoms with Crippen molar-refractivity contribution in [1.82, 2.24) is 19.8 Å². The molecule has 1 aromatic heterocycles. The molecule has 11 heteroatoms. The van der Waals surface area contributed by atoms with Crippen LogP contribution in [0.3, 0.4) is 0 Å². The summed E-state index contributed by atoms with van der Waals surface area (Å²) in [4.78, 5) is 27.2. The Hall–Kier alpha value is -5.13. The van der Waals surface area contributed by atoms with Gasteiger partial charge in [0, 0.05) is 30.6 Å². The maximum atomic E-state index is 16.9. The molecule has 48 heavy (non-hydrogen) atoms.